The van der Waals surface area contributed by atoms with Crippen LogP contribution in [-0.2, 0) is 11.0 Å². The number of carbonyl (C=O) groups excluding carboxylic acids is 1. The lowest BCUT2D eigenvalue weighted by Gasteiger charge is -2.40. The van der Waals surface area contributed by atoms with Crippen LogP contribution in [-0.4, -0.2) is 24.2 Å². The van der Waals surface area contributed by atoms with E-state index in [1.54, 1.807) is 0 Å². The fourth-order valence-corrected chi connectivity index (χ4v) is 3.29. The predicted molar refractivity (Wildman–Crippen MR) is 95.4 cm³/mol. The van der Waals surface area contributed by atoms with Crippen molar-refractivity contribution in [3.05, 3.63) is 53.3 Å². The molecule has 0 saturated heterocycles. The molecule has 6 nitrogen and oxygen atoms in total. The number of carboxylic acid groups (broad SMARTS) is 1. The minimum atomic E-state index is -4.70. The molecule has 0 fully saturated rings. The van der Waals surface area contributed by atoms with Gasteiger partial charge in [0.2, 0.25) is 0 Å². The molecule has 0 aliphatic carbocycles. The van der Waals surface area contributed by atoms with Crippen molar-refractivity contribution in [2.75, 3.05) is 17.3 Å². The molecule has 0 spiro atoms. The van der Waals surface area contributed by atoms with Gasteiger partial charge in [-0.1, -0.05) is 12.1 Å². The molecule has 1 heterocycles. The summed E-state index contributed by atoms with van der Waals surface area (Å²) in [6, 6.07) is 4.10. The Morgan fingerprint density at radius 1 is 1.28 bits per heavy atom. The van der Waals surface area contributed by atoms with Crippen LogP contribution in [0, 0.1) is 11.7 Å². The standard InChI is InChI=1S/C19H16F4N2O4/c1-9(17(26)27)16-11-4-3-5-12(20)15(11)24-18(28)25(16)13-8-10(19(21,22)23)6-7-14(13)29-2/h3-9,16H,1-2H3,(H,24,28)(H,26,27). The molecule has 154 valence electrons. The number of carboxylic acids is 1. The van der Waals surface area contributed by atoms with Gasteiger partial charge in [-0.15, -0.1) is 0 Å². The van der Waals surface area contributed by atoms with Crippen molar-refractivity contribution < 1.29 is 37.0 Å². The number of carbonyl (C=O) groups is 2. The topological polar surface area (TPSA) is 78.9 Å². The van der Waals surface area contributed by atoms with E-state index in [0.717, 1.165) is 23.1 Å². The van der Waals surface area contributed by atoms with Crippen LogP contribution >= 0.6 is 0 Å². The van der Waals surface area contributed by atoms with E-state index >= 15 is 0 Å². The molecule has 2 aromatic rings. The summed E-state index contributed by atoms with van der Waals surface area (Å²) in [5.74, 6) is -3.43. The van der Waals surface area contributed by atoms with E-state index in [0.29, 0.717) is 6.07 Å². The predicted octanol–water partition coefficient (Wildman–Crippen LogP) is 4.67. The van der Waals surface area contributed by atoms with E-state index in [1.165, 1.54) is 26.2 Å². The minimum absolute atomic E-state index is 0.0735. The molecule has 29 heavy (non-hydrogen) atoms. The molecule has 2 unspecified atom stereocenters. The summed E-state index contributed by atoms with van der Waals surface area (Å²) in [6.07, 6.45) is -4.70. The lowest BCUT2D eigenvalue weighted by Crippen LogP contribution is -2.47. The molecular formula is C19H16F4N2O4. The summed E-state index contributed by atoms with van der Waals surface area (Å²) in [6.45, 7) is 1.29. The molecule has 2 amide bonds. The molecule has 0 radical (unpaired) electrons. The van der Waals surface area contributed by atoms with E-state index in [2.05, 4.69) is 5.32 Å². The zero-order chi connectivity index (χ0) is 21.5. The van der Waals surface area contributed by atoms with Gasteiger partial charge in [0.1, 0.15) is 11.6 Å². The molecule has 0 bridgehead atoms. The first-order valence-corrected chi connectivity index (χ1v) is 8.43. The maximum Gasteiger partial charge on any atom is 0.416 e. The van der Waals surface area contributed by atoms with Gasteiger partial charge in [0.15, 0.2) is 0 Å². The molecular weight excluding hydrogens is 396 g/mol. The van der Waals surface area contributed by atoms with Gasteiger partial charge in [-0.05, 0) is 31.2 Å². The fraction of sp³-hybridized carbons (Fsp3) is 0.263. The Morgan fingerprint density at radius 3 is 2.55 bits per heavy atom. The highest BCUT2D eigenvalue weighted by Crippen LogP contribution is 2.46. The van der Waals surface area contributed by atoms with Gasteiger partial charge in [-0.3, -0.25) is 9.69 Å². The molecule has 0 saturated carbocycles. The van der Waals surface area contributed by atoms with Crippen LogP contribution in [0.2, 0.25) is 0 Å². The van der Waals surface area contributed by atoms with Crippen molar-refractivity contribution in [2.24, 2.45) is 5.92 Å². The fourth-order valence-electron chi connectivity index (χ4n) is 3.29. The second-order valence-corrected chi connectivity index (χ2v) is 6.46. The number of ether oxygens (including phenoxy) is 1. The Bertz CT molecular complexity index is 977. The zero-order valence-corrected chi connectivity index (χ0v) is 15.2. The maximum absolute atomic E-state index is 14.2. The van der Waals surface area contributed by atoms with E-state index in [-0.39, 0.29) is 22.7 Å². The molecule has 10 heteroatoms. The molecule has 2 aromatic carbocycles. The van der Waals surface area contributed by atoms with Gasteiger partial charge in [-0.2, -0.15) is 13.2 Å². The highest BCUT2D eigenvalue weighted by molar-refractivity contribution is 6.07. The van der Waals surface area contributed by atoms with E-state index in [4.69, 9.17) is 4.74 Å². The van der Waals surface area contributed by atoms with Crippen molar-refractivity contribution in [1.29, 1.82) is 0 Å². The molecule has 1 aliphatic heterocycles. The number of amides is 2. The second kappa shape index (κ2) is 7.26. The van der Waals surface area contributed by atoms with Crippen LogP contribution in [0.4, 0.5) is 33.7 Å². The third-order valence-corrected chi connectivity index (χ3v) is 4.72. The number of hydrogen-bond donors (Lipinski definition) is 2. The number of nitrogens with zero attached hydrogens (tertiary/aromatic N) is 1. The Balaban J connectivity index is 2.27. The Morgan fingerprint density at radius 2 is 1.97 bits per heavy atom. The number of benzene rings is 2. The Kier molecular flexibility index (Phi) is 5.12. The number of urea groups is 1. The summed E-state index contributed by atoms with van der Waals surface area (Å²) in [4.78, 5) is 25.3. The van der Waals surface area contributed by atoms with Crippen molar-refractivity contribution in [3.63, 3.8) is 0 Å². The van der Waals surface area contributed by atoms with Crippen LogP contribution in [0.25, 0.3) is 0 Å². The number of anilines is 2. The third-order valence-electron chi connectivity index (χ3n) is 4.72. The second-order valence-electron chi connectivity index (χ2n) is 6.46. The van der Waals surface area contributed by atoms with E-state index < -0.39 is 41.5 Å². The van der Waals surface area contributed by atoms with E-state index in [9.17, 15) is 32.3 Å². The number of halogens is 4. The summed E-state index contributed by atoms with van der Waals surface area (Å²) in [5, 5.41) is 11.8. The average molecular weight is 412 g/mol. The number of aliphatic carboxylic acids is 1. The lowest BCUT2D eigenvalue weighted by molar-refractivity contribution is -0.142. The largest absolute Gasteiger partial charge is 0.495 e. The number of rotatable bonds is 4. The minimum Gasteiger partial charge on any atom is -0.495 e. The van der Waals surface area contributed by atoms with Crippen molar-refractivity contribution in [3.8, 4) is 5.75 Å². The smallest absolute Gasteiger partial charge is 0.416 e. The average Bonchev–Trinajstić information content (AvgIpc) is 2.66. The van der Waals surface area contributed by atoms with Crippen LogP contribution < -0.4 is 15.0 Å². The normalized spacial score (nSPS) is 17.4. The highest BCUT2D eigenvalue weighted by Gasteiger charge is 2.42. The summed E-state index contributed by atoms with van der Waals surface area (Å²) >= 11 is 0. The highest BCUT2D eigenvalue weighted by atomic mass is 19.4. The number of methoxy groups -OCH3 is 1. The molecule has 2 N–H and O–H groups in total. The van der Waals surface area contributed by atoms with Gasteiger partial charge in [0, 0.05) is 5.56 Å². The summed E-state index contributed by atoms with van der Waals surface area (Å²) in [7, 11) is 1.21. The first-order valence-electron chi connectivity index (χ1n) is 8.43. The number of para-hydroxylation sites is 1. The molecule has 0 aromatic heterocycles. The van der Waals surface area contributed by atoms with Gasteiger partial charge >= 0.3 is 18.2 Å². The number of hydrogen-bond acceptors (Lipinski definition) is 3. The van der Waals surface area contributed by atoms with Crippen LogP contribution in [0.5, 0.6) is 5.75 Å². The van der Waals surface area contributed by atoms with E-state index in [1.807, 2.05) is 0 Å². The number of alkyl halides is 3. The van der Waals surface area contributed by atoms with Gasteiger partial charge in [-0.25, -0.2) is 9.18 Å². The molecule has 1 aliphatic rings. The molecule has 2 atom stereocenters. The Hall–Kier alpha value is -3.30. The SMILES string of the molecule is COc1ccc(C(F)(F)F)cc1N1C(=O)Nc2c(F)cccc2C1C(C)C(=O)O. The third kappa shape index (κ3) is 3.57. The summed E-state index contributed by atoms with van der Waals surface area (Å²) in [5.41, 5.74) is -1.42. The lowest BCUT2D eigenvalue weighted by atomic mass is 9.89. The summed E-state index contributed by atoms with van der Waals surface area (Å²) < 4.78 is 59.0. The number of nitrogens with one attached hydrogen (secondary N) is 1. The van der Waals surface area contributed by atoms with Gasteiger partial charge in [0.25, 0.3) is 0 Å². The van der Waals surface area contributed by atoms with Gasteiger partial charge in [0.05, 0.1) is 36.0 Å². The first kappa shape index (κ1) is 20.4. The van der Waals surface area contributed by atoms with Crippen molar-refractivity contribution >= 4 is 23.4 Å². The van der Waals surface area contributed by atoms with Gasteiger partial charge < -0.3 is 15.2 Å². The first-order chi connectivity index (χ1) is 13.6. The maximum atomic E-state index is 14.2. The monoisotopic (exact) mass is 412 g/mol. The zero-order valence-electron chi connectivity index (χ0n) is 15.2. The van der Waals surface area contributed by atoms with Crippen LogP contribution in [0.1, 0.15) is 24.1 Å². The number of fused-ring (bicyclic) bond motifs is 1. The van der Waals surface area contributed by atoms with Crippen LogP contribution in [0.3, 0.4) is 0 Å². The van der Waals surface area contributed by atoms with Crippen molar-refractivity contribution in [1.82, 2.24) is 0 Å². The van der Waals surface area contributed by atoms with Crippen LogP contribution in [0.15, 0.2) is 36.4 Å². The molecule has 3 rings (SSSR count). The van der Waals surface area contributed by atoms with Crippen molar-refractivity contribution in [2.45, 2.75) is 19.1 Å². The quantitative estimate of drug-likeness (QED) is 0.716. The Labute approximate surface area is 162 Å².